The van der Waals surface area contributed by atoms with E-state index in [-0.39, 0.29) is 18.3 Å². The number of carbonyl (C=O) groups is 1. The molecule has 9 nitrogen and oxygen atoms in total. The number of esters is 1. The monoisotopic (exact) mass is 375 g/mol. The number of nitro groups is 1. The van der Waals surface area contributed by atoms with Crippen molar-refractivity contribution < 1.29 is 23.4 Å². The van der Waals surface area contributed by atoms with E-state index < -0.39 is 16.8 Å². The average molecular weight is 376 g/mol. The Bertz CT molecular complexity index is 978. The van der Waals surface area contributed by atoms with Gasteiger partial charge in [0, 0.05) is 16.7 Å². The summed E-state index contributed by atoms with van der Waals surface area (Å²) in [6.45, 7) is -0.227. The molecule has 0 N–H and O–H groups in total. The maximum absolute atomic E-state index is 11.7. The molecule has 0 amide bonds. The summed E-state index contributed by atoms with van der Waals surface area (Å²) in [6.07, 6.45) is 2.32. The number of carbonyl (C=O) groups excluding carboxylic acids is 1. The molecule has 2 aromatic heterocycles. The van der Waals surface area contributed by atoms with Gasteiger partial charge in [-0.1, -0.05) is 28.9 Å². The van der Waals surface area contributed by atoms with Crippen molar-refractivity contribution in [2.45, 2.75) is 6.61 Å². The predicted octanol–water partition coefficient (Wildman–Crippen LogP) is 3.65. The van der Waals surface area contributed by atoms with Gasteiger partial charge in [0.05, 0.1) is 6.07 Å². The lowest BCUT2D eigenvalue weighted by Gasteiger charge is -1.96. The summed E-state index contributed by atoms with van der Waals surface area (Å²) in [6, 6.07) is 9.44. The first-order valence-corrected chi connectivity index (χ1v) is 7.56. The zero-order chi connectivity index (χ0) is 18.5. The van der Waals surface area contributed by atoms with Gasteiger partial charge < -0.3 is 13.7 Å². The van der Waals surface area contributed by atoms with Gasteiger partial charge in [-0.05, 0) is 24.3 Å². The first-order valence-electron chi connectivity index (χ1n) is 7.19. The molecular weight excluding hydrogens is 366 g/mol. The highest BCUT2D eigenvalue weighted by Crippen LogP contribution is 2.20. The van der Waals surface area contributed by atoms with Crippen LogP contribution in [0.5, 0.6) is 0 Å². The summed E-state index contributed by atoms with van der Waals surface area (Å²) < 4.78 is 14.8. The quantitative estimate of drug-likeness (QED) is 0.277. The summed E-state index contributed by atoms with van der Waals surface area (Å²) in [4.78, 5) is 25.6. The van der Waals surface area contributed by atoms with E-state index in [4.69, 9.17) is 25.3 Å². The predicted molar refractivity (Wildman–Crippen MR) is 88.9 cm³/mol. The fraction of sp³-hybridized carbons (Fsp3) is 0.0625. The minimum atomic E-state index is -0.702. The van der Waals surface area contributed by atoms with Gasteiger partial charge in [-0.3, -0.25) is 10.1 Å². The first-order chi connectivity index (χ1) is 12.5. The van der Waals surface area contributed by atoms with Crippen molar-refractivity contribution >= 4 is 29.5 Å². The Morgan fingerprint density at radius 3 is 2.92 bits per heavy atom. The molecule has 0 saturated heterocycles. The van der Waals surface area contributed by atoms with Crippen LogP contribution in [0.3, 0.4) is 0 Å². The minimum Gasteiger partial charge on any atom is -0.452 e. The lowest BCUT2D eigenvalue weighted by Crippen LogP contribution is -2.00. The average Bonchev–Trinajstić information content (AvgIpc) is 3.28. The van der Waals surface area contributed by atoms with Crippen molar-refractivity contribution in [2.24, 2.45) is 0 Å². The fourth-order valence-electron chi connectivity index (χ4n) is 1.92. The van der Waals surface area contributed by atoms with Crippen molar-refractivity contribution in [1.29, 1.82) is 0 Å². The molecule has 26 heavy (non-hydrogen) atoms. The lowest BCUT2D eigenvalue weighted by molar-refractivity contribution is -0.402. The van der Waals surface area contributed by atoms with Gasteiger partial charge in [0.25, 0.3) is 5.89 Å². The molecule has 0 fully saturated rings. The van der Waals surface area contributed by atoms with Crippen molar-refractivity contribution in [3.05, 3.63) is 69.3 Å². The number of hydrogen-bond donors (Lipinski definition) is 0. The van der Waals surface area contributed by atoms with Crippen LogP contribution in [0.1, 0.15) is 11.7 Å². The molecule has 0 aliphatic carbocycles. The minimum absolute atomic E-state index is 0.107. The Hall–Kier alpha value is -3.46. The van der Waals surface area contributed by atoms with Crippen LogP contribution in [0, 0.1) is 10.1 Å². The summed E-state index contributed by atoms with van der Waals surface area (Å²) in [5.74, 6) is -0.550. The van der Waals surface area contributed by atoms with E-state index in [0.717, 1.165) is 6.08 Å². The number of halogens is 1. The van der Waals surface area contributed by atoms with E-state index in [2.05, 4.69) is 10.1 Å². The molecule has 1 aromatic carbocycles. The summed E-state index contributed by atoms with van der Waals surface area (Å²) in [7, 11) is 0. The number of benzene rings is 1. The topological polar surface area (TPSA) is 122 Å². The van der Waals surface area contributed by atoms with Crippen LogP contribution < -0.4 is 0 Å². The zero-order valence-electron chi connectivity index (χ0n) is 13.0. The standard InChI is InChI=1S/C16H10ClN3O6/c17-11-3-1-2-10(8-11)16-18-13(26-19-16)9-24-15(21)7-5-12-4-6-14(25-12)20(22)23/h1-8H,9H2/b7-5+. The van der Waals surface area contributed by atoms with Gasteiger partial charge in [-0.2, -0.15) is 4.98 Å². The van der Waals surface area contributed by atoms with Gasteiger partial charge >= 0.3 is 11.9 Å². The van der Waals surface area contributed by atoms with Crippen molar-refractivity contribution in [1.82, 2.24) is 10.1 Å². The second kappa shape index (κ2) is 7.62. The van der Waals surface area contributed by atoms with E-state index >= 15 is 0 Å². The molecule has 0 atom stereocenters. The van der Waals surface area contributed by atoms with E-state index in [9.17, 15) is 14.9 Å². The van der Waals surface area contributed by atoms with E-state index in [1.54, 1.807) is 24.3 Å². The van der Waals surface area contributed by atoms with Crippen LogP contribution in [0.4, 0.5) is 5.88 Å². The third-order valence-corrected chi connectivity index (χ3v) is 3.30. The molecular formula is C16H10ClN3O6. The van der Waals surface area contributed by atoms with Crippen LogP contribution in [0.15, 0.2) is 51.4 Å². The Morgan fingerprint density at radius 1 is 1.35 bits per heavy atom. The van der Waals surface area contributed by atoms with Crippen molar-refractivity contribution in [2.75, 3.05) is 0 Å². The van der Waals surface area contributed by atoms with Crippen molar-refractivity contribution in [3.8, 4) is 11.4 Å². The molecule has 2 heterocycles. The number of ether oxygens (including phenoxy) is 1. The Labute approximate surface area is 151 Å². The van der Waals surface area contributed by atoms with E-state index in [0.29, 0.717) is 16.4 Å². The summed E-state index contributed by atoms with van der Waals surface area (Å²) >= 11 is 5.90. The van der Waals surface area contributed by atoms with Crippen LogP contribution in [-0.2, 0) is 16.1 Å². The fourth-order valence-corrected chi connectivity index (χ4v) is 2.11. The third kappa shape index (κ3) is 4.33. The molecule has 10 heteroatoms. The molecule has 132 valence electrons. The Kier molecular flexibility index (Phi) is 5.09. The molecule has 0 unspecified atom stereocenters. The Balaban J connectivity index is 1.56. The van der Waals surface area contributed by atoms with E-state index in [1.807, 2.05) is 0 Å². The molecule has 0 radical (unpaired) electrons. The maximum Gasteiger partial charge on any atom is 0.433 e. The number of rotatable bonds is 6. The highest BCUT2D eigenvalue weighted by Gasteiger charge is 2.12. The molecule has 0 spiro atoms. The molecule has 3 rings (SSSR count). The van der Waals surface area contributed by atoms with Crippen LogP contribution in [0.2, 0.25) is 5.02 Å². The smallest absolute Gasteiger partial charge is 0.433 e. The van der Waals surface area contributed by atoms with Crippen LogP contribution >= 0.6 is 11.6 Å². The number of hydrogen-bond acceptors (Lipinski definition) is 8. The largest absolute Gasteiger partial charge is 0.452 e. The van der Waals surface area contributed by atoms with Gasteiger partial charge in [0.2, 0.25) is 5.82 Å². The molecule has 0 bridgehead atoms. The van der Waals surface area contributed by atoms with Crippen molar-refractivity contribution in [3.63, 3.8) is 0 Å². The zero-order valence-corrected chi connectivity index (χ0v) is 13.8. The molecule has 0 aliphatic rings. The highest BCUT2D eigenvalue weighted by atomic mass is 35.5. The normalized spacial score (nSPS) is 11.0. The second-order valence-corrected chi connectivity index (χ2v) is 5.33. The van der Waals surface area contributed by atoms with Gasteiger partial charge in [0.1, 0.15) is 10.7 Å². The SMILES string of the molecule is O=C(/C=C/c1ccc([N+](=O)[O-])o1)OCc1nc(-c2cccc(Cl)c2)no1. The number of nitrogens with zero attached hydrogens (tertiary/aromatic N) is 3. The molecule has 3 aromatic rings. The molecule has 0 aliphatic heterocycles. The van der Waals surface area contributed by atoms with Crippen LogP contribution in [0.25, 0.3) is 17.5 Å². The molecule has 0 saturated carbocycles. The van der Waals surface area contributed by atoms with Gasteiger partial charge in [-0.25, -0.2) is 4.79 Å². The highest BCUT2D eigenvalue weighted by molar-refractivity contribution is 6.30. The second-order valence-electron chi connectivity index (χ2n) is 4.90. The Morgan fingerprint density at radius 2 is 2.19 bits per heavy atom. The van der Waals surface area contributed by atoms with Gasteiger partial charge in [0.15, 0.2) is 6.61 Å². The van der Waals surface area contributed by atoms with Crippen LogP contribution in [-0.4, -0.2) is 21.0 Å². The number of furan rings is 1. The third-order valence-electron chi connectivity index (χ3n) is 3.07. The summed E-state index contributed by atoms with van der Waals surface area (Å²) in [5, 5.41) is 14.8. The summed E-state index contributed by atoms with van der Waals surface area (Å²) in [5.41, 5.74) is 0.665. The lowest BCUT2D eigenvalue weighted by atomic mass is 10.2. The first kappa shape index (κ1) is 17.4. The number of aromatic nitrogens is 2. The van der Waals surface area contributed by atoms with E-state index in [1.165, 1.54) is 18.2 Å². The maximum atomic E-state index is 11.7. The van der Waals surface area contributed by atoms with Gasteiger partial charge in [-0.15, -0.1) is 0 Å².